The third kappa shape index (κ3) is 2.80. The maximum atomic E-state index is 11.2. The number of nitrogens with zero attached hydrogens (tertiary/aromatic N) is 3. The van der Waals surface area contributed by atoms with E-state index in [0.29, 0.717) is 12.2 Å². The molecule has 6 heteroatoms. The average molecular weight is 288 g/mol. The third-order valence-corrected chi connectivity index (χ3v) is 3.50. The molecule has 2 aromatic rings. The van der Waals surface area contributed by atoms with E-state index in [4.69, 9.17) is 0 Å². The van der Waals surface area contributed by atoms with Crippen LogP contribution < -0.4 is 5.32 Å². The SMILES string of the molecule is CCc1nn(-c2ccccc2[N+](=O)[O-])c(CC)c1CNC. The molecule has 0 bridgehead atoms. The zero-order valence-electron chi connectivity index (χ0n) is 12.6. The van der Waals surface area contributed by atoms with Gasteiger partial charge in [0.1, 0.15) is 5.69 Å². The lowest BCUT2D eigenvalue weighted by Gasteiger charge is -2.08. The molecule has 112 valence electrons. The first-order valence-corrected chi connectivity index (χ1v) is 7.12. The summed E-state index contributed by atoms with van der Waals surface area (Å²) in [7, 11) is 1.89. The molecule has 1 heterocycles. The van der Waals surface area contributed by atoms with Crippen LogP contribution in [0.25, 0.3) is 5.69 Å². The Morgan fingerprint density at radius 2 is 2.00 bits per heavy atom. The number of para-hydroxylation sites is 2. The predicted octanol–water partition coefficient (Wildman–Crippen LogP) is 2.62. The molecule has 0 atom stereocenters. The number of nitro benzene ring substituents is 1. The van der Waals surface area contributed by atoms with Gasteiger partial charge in [0, 0.05) is 23.9 Å². The summed E-state index contributed by atoms with van der Waals surface area (Å²) in [6, 6.07) is 6.73. The molecule has 21 heavy (non-hydrogen) atoms. The minimum Gasteiger partial charge on any atom is -0.316 e. The Morgan fingerprint density at radius 1 is 1.29 bits per heavy atom. The van der Waals surface area contributed by atoms with Gasteiger partial charge in [-0.15, -0.1) is 0 Å². The van der Waals surface area contributed by atoms with E-state index in [1.54, 1.807) is 22.9 Å². The second kappa shape index (κ2) is 6.49. The number of benzene rings is 1. The minimum absolute atomic E-state index is 0.0772. The van der Waals surface area contributed by atoms with Crippen molar-refractivity contribution >= 4 is 5.69 Å². The van der Waals surface area contributed by atoms with Crippen molar-refractivity contribution < 1.29 is 4.92 Å². The van der Waals surface area contributed by atoms with Crippen LogP contribution >= 0.6 is 0 Å². The lowest BCUT2D eigenvalue weighted by molar-refractivity contribution is -0.384. The van der Waals surface area contributed by atoms with E-state index in [-0.39, 0.29) is 10.6 Å². The molecule has 0 saturated heterocycles. The molecular weight excluding hydrogens is 268 g/mol. The zero-order valence-corrected chi connectivity index (χ0v) is 12.6. The average Bonchev–Trinajstić information content (AvgIpc) is 2.85. The van der Waals surface area contributed by atoms with E-state index >= 15 is 0 Å². The molecule has 0 spiro atoms. The smallest absolute Gasteiger partial charge is 0.294 e. The standard InChI is InChI=1S/C15H20N4O2/c1-4-12-11(10-16-3)13(5-2)18(17-12)14-8-6-7-9-15(14)19(20)21/h6-9,16H,4-5,10H2,1-3H3. The highest BCUT2D eigenvalue weighted by molar-refractivity contribution is 5.53. The number of aryl methyl sites for hydroxylation is 1. The molecule has 0 unspecified atom stereocenters. The maximum Gasteiger partial charge on any atom is 0.294 e. The predicted molar refractivity (Wildman–Crippen MR) is 81.7 cm³/mol. The molecule has 2 rings (SSSR count). The van der Waals surface area contributed by atoms with Crippen LogP contribution in [0.1, 0.15) is 30.8 Å². The van der Waals surface area contributed by atoms with Gasteiger partial charge in [0.2, 0.25) is 0 Å². The van der Waals surface area contributed by atoms with Gasteiger partial charge in [-0.3, -0.25) is 10.1 Å². The van der Waals surface area contributed by atoms with Crippen LogP contribution in [0.15, 0.2) is 24.3 Å². The highest BCUT2D eigenvalue weighted by Gasteiger charge is 2.21. The fourth-order valence-corrected chi connectivity index (χ4v) is 2.56. The first-order chi connectivity index (χ1) is 10.1. The van der Waals surface area contributed by atoms with E-state index in [9.17, 15) is 10.1 Å². The Bertz CT molecular complexity index is 649. The highest BCUT2D eigenvalue weighted by Crippen LogP contribution is 2.26. The van der Waals surface area contributed by atoms with Crippen LogP contribution in [0.2, 0.25) is 0 Å². The molecule has 0 fully saturated rings. The number of hydrogen-bond acceptors (Lipinski definition) is 4. The fourth-order valence-electron chi connectivity index (χ4n) is 2.56. The Morgan fingerprint density at radius 3 is 2.57 bits per heavy atom. The van der Waals surface area contributed by atoms with Crippen molar-refractivity contribution in [3.05, 3.63) is 51.3 Å². The van der Waals surface area contributed by atoms with E-state index in [1.807, 2.05) is 20.9 Å². The van der Waals surface area contributed by atoms with Crippen molar-refractivity contribution in [2.45, 2.75) is 33.2 Å². The van der Waals surface area contributed by atoms with Gasteiger partial charge in [-0.05, 0) is 26.0 Å². The molecule has 1 aromatic heterocycles. The van der Waals surface area contributed by atoms with Crippen LogP contribution in [0, 0.1) is 10.1 Å². The zero-order chi connectivity index (χ0) is 15.4. The number of aromatic nitrogens is 2. The third-order valence-electron chi connectivity index (χ3n) is 3.50. The van der Waals surface area contributed by atoms with Gasteiger partial charge in [0.05, 0.1) is 10.6 Å². The second-order valence-electron chi connectivity index (χ2n) is 4.77. The second-order valence-corrected chi connectivity index (χ2v) is 4.77. The Kier molecular flexibility index (Phi) is 4.70. The normalized spacial score (nSPS) is 10.8. The Balaban J connectivity index is 2.67. The van der Waals surface area contributed by atoms with Crippen LogP contribution in [-0.4, -0.2) is 21.8 Å². The van der Waals surface area contributed by atoms with Crippen molar-refractivity contribution in [2.75, 3.05) is 7.05 Å². The minimum atomic E-state index is -0.361. The summed E-state index contributed by atoms with van der Waals surface area (Å²) in [5, 5.41) is 19.0. The van der Waals surface area contributed by atoms with Crippen LogP contribution in [-0.2, 0) is 19.4 Å². The molecule has 0 saturated carbocycles. The highest BCUT2D eigenvalue weighted by atomic mass is 16.6. The van der Waals surface area contributed by atoms with Crippen molar-refractivity contribution in [3.63, 3.8) is 0 Å². The summed E-state index contributed by atoms with van der Waals surface area (Å²) >= 11 is 0. The van der Waals surface area contributed by atoms with Gasteiger partial charge in [-0.2, -0.15) is 5.10 Å². The number of hydrogen-bond donors (Lipinski definition) is 1. The summed E-state index contributed by atoms with van der Waals surface area (Å²) in [6.07, 6.45) is 1.58. The fraction of sp³-hybridized carbons (Fsp3) is 0.400. The summed E-state index contributed by atoms with van der Waals surface area (Å²) in [5.74, 6) is 0. The molecule has 1 N–H and O–H groups in total. The molecule has 6 nitrogen and oxygen atoms in total. The molecule has 0 amide bonds. The molecule has 0 radical (unpaired) electrons. The molecule has 1 aromatic carbocycles. The number of nitrogens with one attached hydrogen (secondary N) is 1. The van der Waals surface area contributed by atoms with Crippen molar-refractivity contribution in [2.24, 2.45) is 0 Å². The van der Waals surface area contributed by atoms with Gasteiger partial charge >= 0.3 is 0 Å². The first kappa shape index (κ1) is 15.2. The first-order valence-electron chi connectivity index (χ1n) is 7.12. The van der Waals surface area contributed by atoms with E-state index in [1.165, 1.54) is 6.07 Å². The summed E-state index contributed by atoms with van der Waals surface area (Å²) in [6.45, 7) is 4.80. The number of nitro groups is 1. The quantitative estimate of drug-likeness (QED) is 0.655. The summed E-state index contributed by atoms with van der Waals surface area (Å²) in [5.41, 5.74) is 3.75. The van der Waals surface area contributed by atoms with E-state index in [2.05, 4.69) is 10.4 Å². The maximum absolute atomic E-state index is 11.2. The summed E-state index contributed by atoms with van der Waals surface area (Å²) in [4.78, 5) is 10.9. The van der Waals surface area contributed by atoms with E-state index < -0.39 is 0 Å². The van der Waals surface area contributed by atoms with Gasteiger partial charge in [-0.1, -0.05) is 26.0 Å². The van der Waals surface area contributed by atoms with Gasteiger partial charge in [0.25, 0.3) is 5.69 Å². The van der Waals surface area contributed by atoms with Crippen molar-refractivity contribution in [1.29, 1.82) is 0 Å². The van der Waals surface area contributed by atoms with Gasteiger partial charge in [-0.25, -0.2) is 4.68 Å². The van der Waals surface area contributed by atoms with Crippen LogP contribution in [0.3, 0.4) is 0 Å². The van der Waals surface area contributed by atoms with Gasteiger partial charge < -0.3 is 5.32 Å². The monoisotopic (exact) mass is 288 g/mol. The molecular formula is C15H20N4O2. The molecule has 0 aliphatic heterocycles. The number of rotatable bonds is 6. The van der Waals surface area contributed by atoms with Crippen LogP contribution in [0.4, 0.5) is 5.69 Å². The largest absolute Gasteiger partial charge is 0.316 e. The van der Waals surface area contributed by atoms with Crippen LogP contribution in [0.5, 0.6) is 0 Å². The lowest BCUT2D eigenvalue weighted by atomic mass is 10.1. The van der Waals surface area contributed by atoms with Crippen molar-refractivity contribution in [1.82, 2.24) is 15.1 Å². The topological polar surface area (TPSA) is 73.0 Å². The van der Waals surface area contributed by atoms with E-state index in [0.717, 1.165) is 29.8 Å². The molecule has 0 aliphatic rings. The Labute approximate surface area is 123 Å². The lowest BCUT2D eigenvalue weighted by Crippen LogP contribution is -2.10. The summed E-state index contributed by atoms with van der Waals surface area (Å²) < 4.78 is 1.73. The molecule has 0 aliphatic carbocycles. The Hall–Kier alpha value is -2.21. The van der Waals surface area contributed by atoms with Crippen molar-refractivity contribution in [3.8, 4) is 5.69 Å². The van der Waals surface area contributed by atoms with Gasteiger partial charge in [0.15, 0.2) is 0 Å².